The molecule has 2 aromatic heterocycles. The number of aromatic nitrogens is 3. The van der Waals surface area contributed by atoms with Crippen LogP contribution in [0.4, 0.5) is 0 Å². The van der Waals surface area contributed by atoms with E-state index in [1.54, 1.807) is 17.7 Å². The van der Waals surface area contributed by atoms with Crippen LogP contribution in [0.2, 0.25) is 5.02 Å². The second-order valence-electron chi connectivity index (χ2n) is 3.42. The normalized spacial score (nSPS) is 10.8. The number of amides is 1. The zero-order chi connectivity index (χ0) is 12.4. The SMILES string of the molecule is CNC(=O)Cn1c(CCl)nc2cc(Cl)cnc21. The number of rotatable bonds is 3. The van der Waals surface area contributed by atoms with Gasteiger partial charge >= 0.3 is 0 Å². The summed E-state index contributed by atoms with van der Waals surface area (Å²) in [5.74, 6) is 0.678. The van der Waals surface area contributed by atoms with E-state index in [4.69, 9.17) is 23.2 Å². The number of hydrogen-bond donors (Lipinski definition) is 1. The number of likely N-dealkylation sites (N-methyl/N-ethyl adjacent to an activating group) is 1. The zero-order valence-electron chi connectivity index (χ0n) is 9.07. The lowest BCUT2D eigenvalue weighted by Gasteiger charge is -2.05. The van der Waals surface area contributed by atoms with E-state index >= 15 is 0 Å². The van der Waals surface area contributed by atoms with Gasteiger partial charge in [0.05, 0.1) is 10.9 Å². The van der Waals surface area contributed by atoms with Gasteiger partial charge in [-0.3, -0.25) is 4.79 Å². The van der Waals surface area contributed by atoms with Crippen molar-refractivity contribution in [3.05, 3.63) is 23.1 Å². The molecule has 0 aromatic carbocycles. The number of fused-ring (bicyclic) bond motifs is 1. The molecule has 2 heterocycles. The van der Waals surface area contributed by atoms with Crippen molar-refractivity contribution in [2.24, 2.45) is 0 Å². The summed E-state index contributed by atoms with van der Waals surface area (Å²) in [7, 11) is 1.58. The minimum atomic E-state index is -0.132. The molecule has 1 amide bonds. The maximum atomic E-state index is 11.4. The van der Waals surface area contributed by atoms with Crippen LogP contribution >= 0.6 is 23.2 Å². The minimum absolute atomic E-state index is 0.132. The average Bonchev–Trinajstić information content (AvgIpc) is 2.66. The van der Waals surface area contributed by atoms with Gasteiger partial charge in [0.2, 0.25) is 5.91 Å². The van der Waals surface area contributed by atoms with Gasteiger partial charge < -0.3 is 9.88 Å². The third-order valence-corrected chi connectivity index (χ3v) is 2.78. The lowest BCUT2D eigenvalue weighted by Crippen LogP contribution is -2.24. The van der Waals surface area contributed by atoms with E-state index in [0.29, 0.717) is 22.0 Å². The van der Waals surface area contributed by atoms with Crippen molar-refractivity contribution in [2.45, 2.75) is 12.4 Å². The smallest absolute Gasteiger partial charge is 0.239 e. The Kier molecular flexibility index (Phi) is 3.49. The fourth-order valence-corrected chi connectivity index (χ4v) is 1.88. The number of nitrogens with one attached hydrogen (secondary N) is 1. The summed E-state index contributed by atoms with van der Waals surface area (Å²) in [5.41, 5.74) is 1.24. The Bertz CT molecular complexity index is 567. The van der Waals surface area contributed by atoms with Gasteiger partial charge in [-0.1, -0.05) is 11.6 Å². The van der Waals surface area contributed by atoms with E-state index in [-0.39, 0.29) is 18.3 Å². The number of nitrogens with zero attached hydrogens (tertiary/aromatic N) is 3. The Hall–Kier alpha value is -1.33. The van der Waals surface area contributed by atoms with Crippen LogP contribution in [0.15, 0.2) is 12.3 Å². The summed E-state index contributed by atoms with van der Waals surface area (Å²) in [4.78, 5) is 19.9. The summed E-state index contributed by atoms with van der Waals surface area (Å²) < 4.78 is 1.68. The van der Waals surface area contributed by atoms with Crippen LogP contribution in [0.3, 0.4) is 0 Å². The molecule has 0 fully saturated rings. The Morgan fingerprint density at radius 1 is 1.59 bits per heavy atom. The Morgan fingerprint density at radius 2 is 2.35 bits per heavy atom. The lowest BCUT2D eigenvalue weighted by atomic mass is 10.4. The molecule has 0 unspecified atom stereocenters. The molecular formula is C10H10Cl2N4O. The summed E-state index contributed by atoms with van der Waals surface area (Å²) in [6.45, 7) is 0.143. The molecule has 7 heteroatoms. The second-order valence-corrected chi connectivity index (χ2v) is 4.12. The average molecular weight is 273 g/mol. The van der Waals surface area contributed by atoms with Crippen LogP contribution in [0, 0.1) is 0 Å². The van der Waals surface area contributed by atoms with Gasteiger partial charge in [0.25, 0.3) is 0 Å². The predicted molar refractivity (Wildman–Crippen MR) is 66.2 cm³/mol. The van der Waals surface area contributed by atoms with Gasteiger partial charge in [-0.05, 0) is 6.07 Å². The van der Waals surface area contributed by atoms with Gasteiger partial charge in [0.15, 0.2) is 5.65 Å². The maximum Gasteiger partial charge on any atom is 0.239 e. The van der Waals surface area contributed by atoms with E-state index in [9.17, 15) is 4.79 Å². The Morgan fingerprint density at radius 3 is 3.00 bits per heavy atom. The number of alkyl halides is 1. The fourth-order valence-electron chi connectivity index (χ4n) is 1.52. The zero-order valence-corrected chi connectivity index (χ0v) is 10.6. The molecule has 2 rings (SSSR count). The topological polar surface area (TPSA) is 59.8 Å². The van der Waals surface area contributed by atoms with Crippen molar-refractivity contribution in [3.63, 3.8) is 0 Å². The molecule has 0 aliphatic heterocycles. The summed E-state index contributed by atoms with van der Waals surface area (Å²) in [5, 5.41) is 3.05. The summed E-state index contributed by atoms with van der Waals surface area (Å²) in [6.07, 6.45) is 1.52. The minimum Gasteiger partial charge on any atom is -0.358 e. The highest BCUT2D eigenvalue weighted by Crippen LogP contribution is 2.18. The van der Waals surface area contributed by atoms with Crippen LogP contribution in [-0.2, 0) is 17.2 Å². The van der Waals surface area contributed by atoms with E-state index in [1.807, 2.05) is 0 Å². The number of pyridine rings is 1. The first kappa shape index (κ1) is 12.1. The van der Waals surface area contributed by atoms with Gasteiger partial charge in [0.1, 0.15) is 17.9 Å². The molecule has 0 aliphatic carbocycles. The van der Waals surface area contributed by atoms with Gasteiger partial charge in [-0.25, -0.2) is 9.97 Å². The lowest BCUT2D eigenvalue weighted by molar-refractivity contribution is -0.121. The van der Waals surface area contributed by atoms with Crippen LogP contribution in [-0.4, -0.2) is 27.5 Å². The van der Waals surface area contributed by atoms with E-state index in [1.165, 1.54) is 6.20 Å². The van der Waals surface area contributed by atoms with Crippen molar-refractivity contribution >= 4 is 40.3 Å². The first-order valence-electron chi connectivity index (χ1n) is 4.93. The summed E-state index contributed by atoms with van der Waals surface area (Å²) in [6, 6.07) is 1.69. The van der Waals surface area contributed by atoms with Gasteiger partial charge in [-0.15, -0.1) is 11.6 Å². The molecule has 90 valence electrons. The highest BCUT2D eigenvalue weighted by Gasteiger charge is 2.13. The van der Waals surface area contributed by atoms with Gasteiger partial charge in [0, 0.05) is 13.2 Å². The Labute approximate surface area is 108 Å². The predicted octanol–water partition coefficient (Wildman–Crippen LogP) is 1.57. The standard InChI is InChI=1S/C10H10Cl2N4O/c1-13-9(17)5-16-8(3-11)15-7-2-6(12)4-14-10(7)16/h2,4H,3,5H2,1H3,(H,13,17). The largest absolute Gasteiger partial charge is 0.358 e. The molecule has 0 spiro atoms. The van der Waals surface area contributed by atoms with E-state index in [0.717, 1.165) is 0 Å². The van der Waals surface area contributed by atoms with E-state index in [2.05, 4.69) is 15.3 Å². The third-order valence-electron chi connectivity index (χ3n) is 2.33. The van der Waals surface area contributed by atoms with Crippen LogP contribution in [0.1, 0.15) is 5.82 Å². The molecule has 0 saturated heterocycles. The monoisotopic (exact) mass is 272 g/mol. The number of halogens is 2. The second kappa shape index (κ2) is 4.89. The summed E-state index contributed by atoms with van der Waals surface area (Å²) >= 11 is 11.6. The number of hydrogen-bond acceptors (Lipinski definition) is 3. The Balaban J connectivity index is 2.54. The van der Waals surface area contributed by atoms with Crippen molar-refractivity contribution in [1.29, 1.82) is 0 Å². The molecular weight excluding hydrogens is 263 g/mol. The van der Waals surface area contributed by atoms with Crippen molar-refractivity contribution in [2.75, 3.05) is 7.05 Å². The third kappa shape index (κ3) is 2.35. The number of carbonyl (C=O) groups is 1. The van der Waals surface area contributed by atoms with Gasteiger partial charge in [-0.2, -0.15) is 0 Å². The van der Waals surface area contributed by atoms with Crippen molar-refractivity contribution < 1.29 is 4.79 Å². The highest BCUT2D eigenvalue weighted by molar-refractivity contribution is 6.31. The first-order valence-corrected chi connectivity index (χ1v) is 5.84. The molecule has 0 radical (unpaired) electrons. The number of imidazole rings is 1. The molecule has 5 nitrogen and oxygen atoms in total. The van der Waals surface area contributed by atoms with Crippen LogP contribution < -0.4 is 5.32 Å². The highest BCUT2D eigenvalue weighted by atomic mass is 35.5. The van der Waals surface area contributed by atoms with Crippen molar-refractivity contribution in [3.8, 4) is 0 Å². The molecule has 0 atom stereocenters. The van der Waals surface area contributed by atoms with Crippen LogP contribution in [0.25, 0.3) is 11.2 Å². The molecule has 0 saturated carbocycles. The van der Waals surface area contributed by atoms with E-state index < -0.39 is 0 Å². The molecule has 2 aromatic rings. The molecule has 1 N–H and O–H groups in total. The number of carbonyl (C=O) groups excluding carboxylic acids is 1. The fraction of sp³-hybridized carbons (Fsp3) is 0.300. The first-order chi connectivity index (χ1) is 8.15. The van der Waals surface area contributed by atoms with Crippen molar-refractivity contribution in [1.82, 2.24) is 19.9 Å². The van der Waals surface area contributed by atoms with Crippen LogP contribution in [0.5, 0.6) is 0 Å². The maximum absolute atomic E-state index is 11.4. The molecule has 17 heavy (non-hydrogen) atoms. The molecule has 0 aliphatic rings. The molecule has 0 bridgehead atoms. The quantitative estimate of drug-likeness (QED) is 0.863.